The molecule has 0 N–H and O–H groups in total. The van der Waals surface area contributed by atoms with E-state index in [1.54, 1.807) is 36.4 Å². The largest absolute Gasteiger partial charge is 0.454 e. The molecule has 0 aliphatic rings. The molecule has 24 heavy (non-hydrogen) atoms. The Kier molecular flexibility index (Phi) is 5.75. The van der Waals surface area contributed by atoms with Crippen LogP contribution < -0.4 is 0 Å². The summed E-state index contributed by atoms with van der Waals surface area (Å²) in [6, 6.07) is 12.4. The molecule has 0 aliphatic carbocycles. The van der Waals surface area contributed by atoms with Crippen LogP contribution in [-0.2, 0) is 20.3 Å². The zero-order valence-corrected chi connectivity index (χ0v) is 14.4. The Morgan fingerprint density at radius 3 is 2.33 bits per heavy atom. The second-order valence-corrected chi connectivity index (χ2v) is 7.85. The molecule has 0 bridgehead atoms. The number of esters is 1. The highest BCUT2D eigenvalue weighted by Gasteiger charge is 2.13. The number of rotatable bonds is 6. The predicted octanol–water partition coefficient (Wildman–Crippen LogP) is 2.92. The Morgan fingerprint density at radius 2 is 1.71 bits per heavy atom. The molecule has 0 aliphatic heterocycles. The van der Waals surface area contributed by atoms with Crippen molar-refractivity contribution in [1.82, 2.24) is 0 Å². The normalized spacial score (nSPS) is 11.1. The van der Waals surface area contributed by atoms with Crippen LogP contribution in [-0.4, -0.2) is 33.0 Å². The zero-order chi connectivity index (χ0) is 17.7. The van der Waals surface area contributed by atoms with Crippen LogP contribution in [0, 0.1) is 0 Å². The number of benzene rings is 2. The van der Waals surface area contributed by atoms with Gasteiger partial charge in [-0.3, -0.25) is 4.79 Å². The lowest BCUT2D eigenvalue weighted by atomic mass is 10.1. The summed E-state index contributed by atoms with van der Waals surface area (Å²) in [6.45, 7) is -0.406. The first-order valence-electron chi connectivity index (χ1n) is 6.97. The van der Waals surface area contributed by atoms with Crippen LogP contribution in [0.3, 0.4) is 0 Å². The van der Waals surface area contributed by atoms with Crippen molar-refractivity contribution in [2.24, 2.45) is 0 Å². The average molecular weight is 367 g/mol. The Hall–Kier alpha value is -2.18. The van der Waals surface area contributed by atoms with Gasteiger partial charge in [-0.2, -0.15) is 0 Å². The lowest BCUT2D eigenvalue weighted by Crippen LogP contribution is -2.14. The molecule has 0 spiro atoms. The molecule has 0 saturated heterocycles. The topological polar surface area (TPSA) is 77.5 Å². The molecule has 2 aromatic rings. The molecule has 7 heteroatoms. The van der Waals surface area contributed by atoms with Crippen LogP contribution in [0.1, 0.15) is 26.3 Å². The van der Waals surface area contributed by atoms with E-state index in [9.17, 15) is 18.0 Å². The van der Waals surface area contributed by atoms with Gasteiger partial charge < -0.3 is 4.74 Å². The number of hydrogen-bond acceptors (Lipinski definition) is 5. The van der Waals surface area contributed by atoms with Crippen LogP contribution in [0.5, 0.6) is 0 Å². The molecule has 0 saturated carbocycles. The Labute approximate surface area is 145 Å². The van der Waals surface area contributed by atoms with E-state index in [1.165, 1.54) is 12.1 Å². The fourth-order valence-electron chi connectivity index (χ4n) is 2.02. The summed E-state index contributed by atoms with van der Waals surface area (Å²) >= 11 is 5.75. The average Bonchev–Trinajstić information content (AvgIpc) is 2.51. The molecule has 0 amide bonds. The van der Waals surface area contributed by atoms with Crippen LogP contribution in [0.2, 0.25) is 5.02 Å². The van der Waals surface area contributed by atoms with Gasteiger partial charge in [0.25, 0.3) is 0 Å². The van der Waals surface area contributed by atoms with Gasteiger partial charge in [0.15, 0.2) is 22.2 Å². The third-order valence-corrected chi connectivity index (χ3v) is 4.20. The van der Waals surface area contributed by atoms with E-state index >= 15 is 0 Å². The first-order valence-corrected chi connectivity index (χ1v) is 9.41. The van der Waals surface area contributed by atoms with Crippen molar-refractivity contribution in [3.05, 3.63) is 70.2 Å². The highest BCUT2D eigenvalue weighted by atomic mass is 35.5. The fraction of sp³-hybridized carbons (Fsp3) is 0.176. The van der Waals surface area contributed by atoms with Gasteiger partial charge in [-0.1, -0.05) is 23.7 Å². The van der Waals surface area contributed by atoms with Crippen LogP contribution >= 0.6 is 11.6 Å². The number of ether oxygens (including phenoxy) is 1. The zero-order valence-electron chi connectivity index (χ0n) is 12.9. The lowest BCUT2D eigenvalue weighted by Gasteiger charge is -2.06. The second kappa shape index (κ2) is 7.59. The van der Waals surface area contributed by atoms with E-state index in [0.717, 1.165) is 6.26 Å². The van der Waals surface area contributed by atoms with Gasteiger partial charge in [-0.15, -0.1) is 0 Å². The number of halogens is 1. The summed E-state index contributed by atoms with van der Waals surface area (Å²) in [5.74, 6) is -1.21. The van der Waals surface area contributed by atoms with Gasteiger partial charge in [-0.05, 0) is 42.0 Å². The molecule has 0 radical (unpaired) electrons. The van der Waals surface area contributed by atoms with Crippen molar-refractivity contribution in [2.75, 3.05) is 12.9 Å². The first kappa shape index (κ1) is 18.2. The van der Waals surface area contributed by atoms with Crippen molar-refractivity contribution >= 4 is 33.2 Å². The van der Waals surface area contributed by atoms with Gasteiger partial charge in [-0.25, -0.2) is 13.2 Å². The van der Waals surface area contributed by atoms with E-state index < -0.39 is 22.4 Å². The molecule has 2 rings (SSSR count). The van der Waals surface area contributed by atoms with Crippen molar-refractivity contribution in [3.8, 4) is 0 Å². The standard InChI is InChI=1S/C17H15ClO5S/c1-24(21,22)11-12-3-2-4-14(9-12)17(20)23-10-16(19)13-5-7-15(18)8-6-13/h2-9H,10-11H2,1H3. The number of carbonyl (C=O) groups is 2. The number of hydrogen-bond donors (Lipinski definition) is 0. The smallest absolute Gasteiger partial charge is 0.338 e. The quantitative estimate of drug-likeness (QED) is 0.580. The first-order chi connectivity index (χ1) is 11.2. The molecular weight excluding hydrogens is 352 g/mol. The Bertz CT molecular complexity index is 857. The summed E-state index contributed by atoms with van der Waals surface area (Å²) in [7, 11) is -3.20. The summed E-state index contributed by atoms with van der Waals surface area (Å²) in [5.41, 5.74) is 1.06. The van der Waals surface area contributed by atoms with E-state index in [-0.39, 0.29) is 17.1 Å². The monoisotopic (exact) mass is 366 g/mol. The predicted molar refractivity (Wildman–Crippen MR) is 91.1 cm³/mol. The summed E-state index contributed by atoms with van der Waals surface area (Å²) in [5, 5.41) is 0.506. The maximum Gasteiger partial charge on any atom is 0.338 e. The van der Waals surface area contributed by atoms with Crippen molar-refractivity contribution in [2.45, 2.75) is 5.75 Å². The number of Topliss-reactive ketones (excluding diaryl/α,β-unsaturated/α-hetero) is 1. The van der Waals surface area contributed by atoms with E-state index in [1.807, 2.05) is 0 Å². The minimum atomic E-state index is -3.20. The van der Waals surface area contributed by atoms with Gasteiger partial charge in [0.05, 0.1) is 11.3 Å². The van der Waals surface area contributed by atoms with Gasteiger partial charge in [0, 0.05) is 16.8 Å². The third-order valence-electron chi connectivity index (χ3n) is 3.09. The molecule has 0 fully saturated rings. The van der Waals surface area contributed by atoms with Crippen LogP contribution in [0.15, 0.2) is 48.5 Å². The minimum Gasteiger partial charge on any atom is -0.454 e. The van der Waals surface area contributed by atoms with Crippen molar-refractivity contribution < 1.29 is 22.7 Å². The molecular formula is C17H15ClO5S. The third kappa shape index (κ3) is 5.47. The highest BCUT2D eigenvalue weighted by Crippen LogP contribution is 2.12. The molecule has 5 nitrogen and oxygen atoms in total. The van der Waals surface area contributed by atoms with Gasteiger partial charge in [0.2, 0.25) is 0 Å². The van der Waals surface area contributed by atoms with Crippen molar-refractivity contribution in [3.63, 3.8) is 0 Å². The molecule has 0 atom stereocenters. The van der Waals surface area contributed by atoms with E-state index in [0.29, 0.717) is 16.1 Å². The molecule has 0 heterocycles. The molecule has 2 aromatic carbocycles. The summed E-state index contributed by atoms with van der Waals surface area (Å²) in [6.07, 6.45) is 1.11. The van der Waals surface area contributed by atoms with Crippen LogP contribution in [0.4, 0.5) is 0 Å². The van der Waals surface area contributed by atoms with Gasteiger partial charge >= 0.3 is 5.97 Å². The number of carbonyl (C=O) groups excluding carboxylic acids is 2. The highest BCUT2D eigenvalue weighted by molar-refractivity contribution is 7.89. The number of ketones is 1. The SMILES string of the molecule is CS(=O)(=O)Cc1cccc(C(=O)OCC(=O)c2ccc(Cl)cc2)c1. The summed E-state index contributed by atoms with van der Waals surface area (Å²) in [4.78, 5) is 24.0. The minimum absolute atomic E-state index is 0.169. The maximum absolute atomic E-state index is 12.0. The fourth-order valence-corrected chi connectivity index (χ4v) is 2.94. The Morgan fingerprint density at radius 1 is 1.04 bits per heavy atom. The van der Waals surface area contributed by atoms with E-state index in [4.69, 9.17) is 16.3 Å². The Balaban J connectivity index is 2.01. The molecule has 126 valence electrons. The second-order valence-electron chi connectivity index (χ2n) is 5.28. The molecule has 0 aromatic heterocycles. The van der Waals surface area contributed by atoms with Crippen LogP contribution in [0.25, 0.3) is 0 Å². The van der Waals surface area contributed by atoms with E-state index in [2.05, 4.69) is 0 Å². The maximum atomic E-state index is 12.0. The molecule has 0 unspecified atom stereocenters. The number of sulfone groups is 1. The van der Waals surface area contributed by atoms with Gasteiger partial charge in [0.1, 0.15) is 0 Å². The lowest BCUT2D eigenvalue weighted by molar-refractivity contribution is 0.0474. The summed E-state index contributed by atoms with van der Waals surface area (Å²) < 4.78 is 27.6. The van der Waals surface area contributed by atoms with Crippen molar-refractivity contribution in [1.29, 1.82) is 0 Å².